The molecule has 0 spiro atoms. The number of pyridine rings is 1. The number of nitrogens with one attached hydrogen (secondary N) is 1. The van der Waals surface area contributed by atoms with Crippen molar-refractivity contribution in [2.75, 3.05) is 31.1 Å². The first-order chi connectivity index (χ1) is 13.6. The summed E-state index contributed by atoms with van der Waals surface area (Å²) in [6, 6.07) is 9.06. The lowest BCUT2D eigenvalue weighted by molar-refractivity contribution is 0.561. The Bertz CT molecular complexity index is 1250. The number of hydrogen-bond acceptors (Lipinski definition) is 5. The Balaban J connectivity index is 1.60. The van der Waals surface area contributed by atoms with Crippen molar-refractivity contribution in [1.82, 2.24) is 14.7 Å². The molecule has 142 valence electrons. The van der Waals surface area contributed by atoms with E-state index in [9.17, 15) is 9.18 Å². The van der Waals surface area contributed by atoms with Gasteiger partial charge in [-0.1, -0.05) is 0 Å². The lowest BCUT2D eigenvalue weighted by atomic mass is 10.1. The van der Waals surface area contributed by atoms with Crippen LogP contribution in [0.1, 0.15) is 5.56 Å². The van der Waals surface area contributed by atoms with Gasteiger partial charge in [-0.05, 0) is 36.8 Å². The van der Waals surface area contributed by atoms with Gasteiger partial charge in [0.2, 0.25) is 0 Å². The molecule has 1 N–H and O–H groups in total. The van der Waals surface area contributed by atoms with Gasteiger partial charge in [0.25, 0.3) is 0 Å². The molecule has 1 fully saturated rings. The number of anilines is 1. The molecule has 0 saturated carbocycles. The van der Waals surface area contributed by atoms with Crippen molar-refractivity contribution in [1.29, 1.82) is 0 Å². The van der Waals surface area contributed by atoms with Gasteiger partial charge in [0, 0.05) is 55.7 Å². The number of hydrogen-bond donors (Lipinski definition) is 1. The third-order valence-corrected chi connectivity index (χ3v) is 5.12. The minimum absolute atomic E-state index is 0.189. The van der Waals surface area contributed by atoms with E-state index in [0.29, 0.717) is 16.8 Å². The summed E-state index contributed by atoms with van der Waals surface area (Å²) >= 11 is 0. The molecule has 0 atom stereocenters. The summed E-state index contributed by atoms with van der Waals surface area (Å²) in [6.45, 7) is 5.51. The van der Waals surface area contributed by atoms with Crippen LogP contribution in [0.2, 0.25) is 0 Å². The Morgan fingerprint density at radius 1 is 1.14 bits per heavy atom. The van der Waals surface area contributed by atoms with Crippen molar-refractivity contribution in [2.24, 2.45) is 0 Å². The minimum atomic E-state index is -0.481. The fraction of sp³-hybridized carbons (Fsp3) is 0.238. The van der Waals surface area contributed by atoms with Crippen LogP contribution in [0.3, 0.4) is 0 Å². The molecule has 0 amide bonds. The highest BCUT2D eigenvalue weighted by Crippen LogP contribution is 2.26. The molecule has 4 heterocycles. The van der Waals surface area contributed by atoms with Crippen molar-refractivity contribution in [3.8, 4) is 11.3 Å². The van der Waals surface area contributed by atoms with Gasteiger partial charge in [0.05, 0.1) is 11.3 Å². The third kappa shape index (κ3) is 2.84. The highest BCUT2D eigenvalue weighted by molar-refractivity contribution is 5.84. The number of nitrogens with zero attached hydrogens (tertiary/aromatic N) is 3. The third-order valence-electron chi connectivity index (χ3n) is 5.12. The maximum atomic E-state index is 14.2. The molecule has 0 radical (unpaired) electrons. The first-order valence-corrected chi connectivity index (χ1v) is 9.27. The Morgan fingerprint density at radius 3 is 2.79 bits per heavy atom. The van der Waals surface area contributed by atoms with Gasteiger partial charge >= 0.3 is 5.63 Å². The number of piperazine rings is 1. The van der Waals surface area contributed by atoms with Crippen molar-refractivity contribution in [3.63, 3.8) is 0 Å². The predicted octanol–water partition coefficient (Wildman–Crippen LogP) is 2.96. The Kier molecular flexibility index (Phi) is 3.91. The van der Waals surface area contributed by atoms with Crippen LogP contribution >= 0.6 is 0 Å². The number of imidazole rings is 1. The van der Waals surface area contributed by atoms with Crippen LogP contribution in [-0.2, 0) is 0 Å². The summed E-state index contributed by atoms with van der Waals surface area (Å²) in [5, 5.41) is 4.13. The SMILES string of the molecule is Cc1cc(F)c2nc(-c3cc4ccc(N5CCNCC5)cc4oc3=O)cn2c1. The molecule has 1 aromatic carbocycles. The summed E-state index contributed by atoms with van der Waals surface area (Å²) in [6.07, 6.45) is 3.43. The van der Waals surface area contributed by atoms with E-state index in [-0.39, 0.29) is 5.65 Å². The molecule has 7 heteroatoms. The molecule has 3 aromatic heterocycles. The van der Waals surface area contributed by atoms with Gasteiger partial charge in [0.15, 0.2) is 11.5 Å². The second-order valence-corrected chi connectivity index (χ2v) is 7.13. The topological polar surface area (TPSA) is 62.8 Å². The van der Waals surface area contributed by atoms with E-state index in [1.807, 2.05) is 25.1 Å². The molecule has 0 unspecified atom stereocenters. The maximum Gasteiger partial charge on any atom is 0.345 e. The molecule has 1 aliphatic heterocycles. The van der Waals surface area contributed by atoms with Crippen molar-refractivity contribution >= 4 is 22.3 Å². The summed E-state index contributed by atoms with van der Waals surface area (Å²) in [5.41, 5.74) is 2.78. The zero-order chi connectivity index (χ0) is 19.3. The standard InChI is InChI=1S/C21H19FN4O2/c1-13-8-17(22)20-24-18(12-26(20)11-13)16-9-14-2-3-15(10-19(14)28-21(16)27)25-6-4-23-5-7-25/h2-3,8-12,23H,4-7H2,1H3. The minimum Gasteiger partial charge on any atom is -0.422 e. The van der Waals surface area contributed by atoms with E-state index in [1.54, 1.807) is 22.9 Å². The van der Waals surface area contributed by atoms with Crippen LogP contribution in [-0.4, -0.2) is 35.6 Å². The Hall–Kier alpha value is -3.19. The molecule has 4 aromatic rings. The molecule has 1 aliphatic rings. The second-order valence-electron chi connectivity index (χ2n) is 7.13. The second kappa shape index (κ2) is 6.45. The van der Waals surface area contributed by atoms with Gasteiger partial charge in [-0.25, -0.2) is 14.2 Å². The van der Waals surface area contributed by atoms with E-state index < -0.39 is 11.4 Å². The van der Waals surface area contributed by atoms with E-state index in [4.69, 9.17) is 4.42 Å². The van der Waals surface area contributed by atoms with Crippen LogP contribution in [0.15, 0.2) is 51.9 Å². The number of rotatable bonds is 2. The van der Waals surface area contributed by atoms with Crippen LogP contribution in [0, 0.1) is 12.7 Å². The van der Waals surface area contributed by atoms with Crippen molar-refractivity contribution in [3.05, 3.63) is 64.5 Å². The number of halogens is 1. The predicted molar refractivity (Wildman–Crippen MR) is 106 cm³/mol. The first-order valence-electron chi connectivity index (χ1n) is 9.27. The molecule has 0 aliphatic carbocycles. The summed E-state index contributed by atoms with van der Waals surface area (Å²) < 4.78 is 21.3. The monoisotopic (exact) mass is 378 g/mol. The van der Waals surface area contributed by atoms with Crippen LogP contribution in [0.25, 0.3) is 27.9 Å². The average molecular weight is 378 g/mol. The molecular formula is C21H19FN4O2. The van der Waals surface area contributed by atoms with Gasteiger partial charge in [-0.15, -0.1) is 0 Å². The molecular weight excluding hydrogens is 359 g/mol. The Morgan fingerprint density at radius 2 is 1.96 bits per heavy atom. The van der Waals surface area contributed by atoms with E-state index in [0.717, 1.165) is 42.8 Å². The molecule has 1 saturated heterocycles. The van der Waals surface area contributed by atoms with Crippen LogP contribution < -0.4 is 15.8 Å². The lowest BCUT2D eigenvalue weighted by Gasteiger charge is -2.29. The zero-order valence-electron chi connectivity index (χ0n) is 15.4. The normalized spacial score (nSPS) is 14.9. The smallest absolute Gasteiger partial charge is 0.345 e. The fourth-order valence-electron chi connectivity index (χ4n) is 3.72. The number of aryl methyl sites for hydroxylation is 1. The molecule has 28 heavy (non-hydrogen) atoms. The molecule has 0 bridgehead atoms. The summed E-state index contributed by atoms with van der Waals surface area (Å²) in [7, 11) is 0. The molecule has 6 nitrogen and oxygen atoms in total. The van der Waals surface area contributed by atoms with Crippen LogP contribution in [0.4, 0.5) is 10.1 Å². The number of aromatic nitrogens is 2. The summed E-state index contributed by atoms with van der Waals surface area (Å²) in [4.78, 5) is 19.2. The van der Waals surface area contributed by atoms with Crippen molar-refractivity contribution in [2.45, 2.75) is 6.92 Å². The lowest BCUT2D eigenvalue weighted by Crippen LogP contribution is -2.43. The van der Waals surface area contributed by atoms with Gasteiger partial charge < -0.3 is 19.0 Å². The maximum absolute atomic E-state index is 14.2. The van der Waals surface area contributed by atoms with Crippen LogP contribution in [0.5, 0.6) is 0 Å². The fourth-order valence-corrected chi connectivity index (χ4v) is 3.72. The quantitative estimate of drug-likeness (QED) is 0.544. The largest absolute Gasteiger partial charge is 0.422 e. The number of benzene rings is 1. The van der Waals surface area contributed by atoms with E-state index in [2.05, 4.69) is 15.2 Å². The number of fused-ring (bicyclic) bond motifs is 2. The van der Waals surface area contributed by atoms with E-state index in [1.165, 1.54) is 6.07 Å². The summed E-state index contributed by atoms with van der Waals surface area (Å²) in [5.74, 6) is -0.419. The van der Waals surface area contributed by atoms with Crippen molar-refractivity contribution < 1.29 is 8.81 Å². The highest BCUT2D eigenvalue weighted by atomic mass is 19.1. The van der Waals surface area contributed by atoms with Gasteiger partial charge in [-0.3, -0.25) is 0 Å². The molecule has 5 rings (SSSR count). The highest BCUT2D eigenvalue weighted by Gasteiger charge is 2.16. The first kappa shape index (κ1) is 16.9. The van der Waals surface area contributed by atoms with Gasteiger partial charge in [0.1, 0.15) is 5.58 Å². The van der Waals surface area contributed by atoms with Gasteiger partial charge in [-0.2, -0.15) is 0 Å². The Labute approximate surface area is 160 Å². The van der Waals surface area contributed by atoms with E-state index >= 15 is 0 Å². The average Bonchev–Trinajstić information content (AvgIpc) is 3.12. The zero-order valence-corrected chi connectivity index (χ0v) is 15.4.